The molecule has 3 aliphatic heterocycles. The number of carbonyl (C=O) groups is 2. The van der Waals surface area contributed by atoms with E-state index in [0.717, 1.165) is 47.8 Å². The molecule has 0 radical (unpaired) electrons. The second-order valence-corrected chi connectivity index (χ2v) is 8.74. The summed E-state index contributed by atoms with van der Waals surface area (Å²) < 4.78 is 0. The molecule has 0 saturated carbocycles. The average Bonchev–Trinajstić information content (AvgIpc) is 3.42. The number of nitrogens with one attached hydrogen (secondary N) is 2. The Bertz CT molecular complexity index is 1080. The maximum absolute atomic E-state index is 13.1. The van der Waals surface area contributed by atoms with Crippen molar-refractivity contribution in [3.8, 4) is 0 Å². The molecule has 2 unspecified atom stereocenters. The molecule has 8 nitrogen and oxygen atoms in total. The van der Waals surface area contributed by atoms with E-state index in [1.165, 1.54) is 0 Å². The van der Waals surface area contributed by atoms with E-state index in [1.807, 2.05) is 37.4 Å². The number of rotatable bonds is 4. The summed E-state index contributed by atoms with van der Waals surface area (Å²) in [5, 5.41) is 12.6. The van der Waals surface area contributed by atoms with Crippen LogP contribution in [0.3, 0.4) is 0 Å². The first-order valence-electron chi connectivity index (χ1n) is 11.1. The van der Waals surface area contributed by atoms with Gasteiger partial charge in [0.25, 0.3) is 11.8 Å². The summed E-state index contributed by atoms with van der Waals surface area (Å²) in [5.41, 5.74) is 2.24. The van der Waals surface area contributed by atoms with Crippen molar-refractivity contribution in [1.82, 2.24) is 25.3 Å². The second kappa shape index (κ2) is 8.26. The molecule has 5 rings (SSSR count). The van der Waals surface area contributed by atoms with Crippen molar-refractivity contribution in [2.45, 2.75) is 31.8 Å². The lowest BCUT2D eigenvalue weighted by Gasteiger charge is -2.29. The van der Waals surface area contributed by atoms with Crippen LogP contribution >= 0.6 is 0 Å². The number of aromatic nitrogens is 2. The Hall–Kier alpha value is -3.00. The minimum Gasteiger partial charge on any atom is -0.340 e. The number of piperidine rings is 1. The van der Waals surface area contributed by atoms with Gasteiger partial charge in [-0.05, 0) is 49.2 Å². The molecule has 0 spiro atoms. The van der Waals surface area contributed by atoms with Crippen molar-refractivity contribution >= 4 is 17.9 Å². The third-order valence-corrected chi connectivity index (χ3v) is 6.53. The Kier molecular flexibility index (Phi) is 5.31. The van der Waals surface area contributed by atoms with Crippen LogP contribution in [0.2, 0.25) is 0 Å². The van der Waals surface area contributed by atoms with Gasteiger partial charge in [0.2, 0.25) is 0 Å². The maximum atomic E-state index is 13.1. The van der Waals surface area contributed by atoms with Crippen molar-refractivity contribution in [2.24, 2.45) is 10.9 Å². The minimum absolute atomic E-state index is 0.0249. The van der Waals surface area contributed by atoms with Gasteiger partial charge in [-0.3, -0.25) is 19.7 Å². The number of H-pyrrole nitrogens is 1. The molecule has 162 valence electrons. The molecule has 2 atom stereocenters. The fourth-order valence-corrected chi connectivity index (χ4v) is 4.81. The summed E-state index contributed by atoms with van der Waals surface area (Å²) in [6, 6.07) is 7.29. The number of para-hydroxylation sites is 1. The lowest BCUT2D eigenvalue weighted by Crippen LogP contribution is -2.42. The van der Waals surface area contributed by atoms with Crippen LogP contribution in [-0.2, 0) is 17.8 Å². The van der Waals surface area contributed by atoms with Crippen LogP contribution in [-0.4, -0.2) is 71.1 Å². The van der Waals surface area contributed by atoms with Gasteiger partial charge in [-0.15, -0.1) is 0 Å². The normalized spacial score (nSPS) is 22.2. The summed E-state index contributed by atoms with van der Waals surface area (Å²) in [7, 11) is 1.84. The van der Waals surface area contributed by atoms with E-state index in [1.54, 1.807) is 9.80 Å². The van der Waals surface area contributed by atoms with Crippen molar-refractivity contribution in [1.29, 1.82) is 0 Å². The molecule has 3 aliphatic rings. The van der Waals surface area contributed by atoms with E-state index < -0.39 is 6.04 Å². The standard InChI is InChI=1S/C23H28N6O2/c1-28(13-15-5-4-9-24-12-15)23(31)21-17-14-29(10-8-19(17)26-27-21)22(30)20-11-16-6-2-3-7-18(16)25-20/h2-3,6-7,11,15,20,24H,4-5,8-10,12-14H2,1H3,(H,26,27). The Morgan fingerprint density at radius 1 is 1.29 bits per heavy atom. The summed E-state index contributed by atoms with van der Waals surface area (Å²) >= 11 is 0. The van der Waals surface area contributed by atoms with Gasteiger partial charge in [0.05, 0.1) is 5.36 Å². The van der Waals surface area contributed by atoms with E-state index >= 15 is 0 Å². The topological polar surface area (TPSA) is 93.7 Å². The van der Waals surface area contributed by atoms with Gasteiger partial charge >= 0.3 is 0 Å². The van der Waals surface area contributed by atoms with Gasteiger partial charge < -0.3 is 15.1 Å². The highest BCUT2D eigenvalue weighted by atomic mass is 16.2. The van der Waals surface area contributed by atoms with Gasteiger partial charge in [-0.1, -0.05) is 18.2 Å². The third kappa shape index (κ3) is 3.87. The van der Waals surface area contributed by atoms with Gasteiger partial charge in [-0.2, -0.15) is 5.10 Å². The molecule has 8 heteroatoms. The van der Waals surface area contributed by atoms with Gasteiger partial charge in [0.15, 0.2) is 5.69 Å². The van der Waals surface area contributed by atoms with Crippen LogP contribution in [0.25, 0.3) is 6.08 Å². The molecule has 2 amide bonds. The number of hydrogen-bond donors (Lipinski definition) is 2. The summed E-state index contributed by atoms with van der Waals surface area (Å²) in [6.45, 7) is 3.70. The van der Waals surface area contributed by atoms with E-state index in [-0.39, 0.29) is 11.8 Å². The van der Waals surface area contributed by atoms with Crippen LogP contribution in [0.15, 0.2) is 29.3 Å². The molecule has 1 aromatic carbocycles. The number of carbonyl (C=O) groups excluding carboxylic acids is 2. The molecule has 1 saturated heterocycles. The highest BCUT2D eigenvalue weighted by molar-refractivity contribution is 5.94. The Morgan fingerprint density at radius 2 is 2.16 bits per heavy atom. The predicted octanol–water partition coefficient (Wildman–Crippen LogP) is -0.151. The molecule has 2 N–H and O–H groups in total. The van der Waals surface area contributed by atoms with Gasteiger partial charge in [0.1, 0.15) is 6.04 Å². The van der Waals surface area contributed by atoms with Crippen molar-refractivity contribution in [2.75, 3.05) is 33.2 Å². The number of amides is 2. The Labute approximate surface area is 181 Å². The third-order valence-electron chi connectivity index (χ3n) is 6.53. The van der Waals surface area contributed by atoms with Gasteiger partial charge in [-0.25, -0.2) is 0 Å². The fourth-order valence-electron chi connectivity index (χ4n) is 4.81. The lowest BCUT2D eigenvalue weighted by atomic mass is 9.99. The first-order valence-corrected chi connectivity index (χ1v) is 11.1. The van der Waals surface area contributed by atoms with E-state index in [9.17, 15) is 9.59 Å². The zero-order valence-electron chi connectivity index (χ0n) is 17.8. The molecule has 0 aliphatic carbocycles. The molecular formula is C23H28N6O2. The summed E-state index contributed by atoms with van der Waals surface area (Å²) in [4.78, 5) is 34.4. The smallest absolute Gasteiger partial charge is 0.274 e. The lowest BCUT2D eigenvalue weighted by molar-refractivity contribution is -0.132. The van der Waals surface area contributed by atoms with Crippen LogP contribution in [0.5, 0.6) is 0 Å². The first kappa shape index (κ1) is 19.9. The number of fused-ring (bicyclic) bond motifs is 2. The van der Waals surface area contributed by atoms with Crippen molar-refractivity contribution in [3.05, 3.63) is 51.8 Å². The Morgan fingerprint density at radius 3 is 2.97 bits per heavy atom. The maximum Gasteiger partial charge on any atom is 0.274 e. The average molecular weight is 421 g/mol. The number of hydrogen-bond acceptors (Lipinski definition) is 5. The van der Waals surface area contributed by atoms with E-state index in [2.05, 4.69) is 20.5 Å². The molecular weight excluding hydrogens is 392 g/mol. The molecule has 0 bridgehead atoms. The summed E-state index contributed by atoms with van der Waals surface area (Å²) in [5.74, 6) is 0.363. The van der Waals surface area contributed by atoms with Crippen LogP contribution in [0.1, 0.15) is 34.6 Å². The van der Waals surface area contributed by atoms with Crippen molar-refractivity contribution in [3.63, 3.8) is 0 Å². The zero-order valence-corrected chi connectivity index (χ0v) is 17.8. The second-order valence-electron chi connectivity index (χ2n) is 8.74. The van der Waals surface area contributed by atoms with E-state index in [4.69, 9.17) is 0 Å². The first-order chi connectivity index (χ1) is 15.1. The fraction of sp³-hybridized carbons (Fsp3) is 0.478. The molecule has 4 heterocycles. The summed E-state index contributed by atoms with van der Waals surface area (Å²) in [6.07, 6.45) is 4.86. The number of benzene rings is 1. The monoisotopic (exact) mass is 420 g/mol. The Balaban J connectivity index is 1.30. The van der Waals surface area contributed by atoms with Crippen LogP contribution < -0.4 is 15.9 Å². The molecule has 31 heavy (non-hydrogen) atoms. The molecule has 1 aromatic heterocycles. The zero-order chi connectivity index (χ0) is 21.4. The molecule has 1 fully saturated rings. The van der Waals surface area contributed by atoms with Gasteiger partial charge in [0, 0.05) is 44.4 Å². The predicted molar refractivity (Wildman–Crippen MR) is 116 cm³/mol. The highest BCUT2D eigenvalue weighted by Crippen LogP contribution is 2.23. The SMILES string of the molecule is CN(CC1CCCNC1)C(=O)c1n[nH]c2c1CN(C(=O)C1C=c3ccccc3=N1)CC2. The van der Waals surface area contributed by atoms with Crippen LogP contribution in [0.4, 0.5) is 0 Å². The van der Waals surface area contributed by atoms with Crippen LogP contribution in [0, 0.1) is 5.92 Å². The minimum atomic E-state index is -0.494. The van der Waals surface area contributed by atoms with E-state index in [0.29, 0.717) is 37.7 Å². The number of aromatic amines is 1. The quantitative estimate of drug-likeness (QED) is 0.719. The molecule has 2 aromatic rings. The van der Waals surface area contributed by atoms with Crippen molar-refractivity contribution < 1.29 is 9.59 Å². The highest BCUT2D eigenvalue weighted by Gasteiger charge is 2.32. The number of nitrogens with zero attached hydrogens (tertiary/aromatic N) is 4. The largest absolute Gasteiger partial charge is 0.340 e.